The van der Waals surface area contributed by atoms with Gasteiger partial charge in [-0.25, -0.2) is 9.59 Å². The zero-order valence-corrected chi connectivity index (χ0v) is 13.5. The van der Waals surface area contributed by atoms with Gasteiger partial charge in [0.15, 0.2) is 0 Å². The molecule has 2 aromatic carbocycles. The molecule has 0 aliphatic carbocycles. The van der Waals surface area contributed by atoms with Crippen LogP contribution in [0.25, 0.3) is 10.2 Å². The molecule has 0 amide bonds. The Morgan fingerprint density at radius 1 is 0.917 bits per heavy atom. The number of benzene rings is 2. The number of carbonyl (C=O) groups excluding carboxylic acids is 2. The third-order valence-corrected chi connectivity index (χ3v) is 4.03. The van der Waals surface area contributed by atoms with Crippen LogP contribution in [0.2, 0.25) is 0 Å². The Kier molecular flexibility index (Phi) is 5.12. The lowest BCUT2D eigenvalue weighted by molar-refractivity contribution is 0.0397. The fraction of sp³-hybridized carbons (Fsp3) is 0.176. The van der Waals surface area contributed by atoms with Crippen LogP contribution in [0, 0.1) is 0 Å². The lowest BCUT2D eigenvalue weighted by Gasteiger charge is -2.06. The molecule has 0 N–H and O–H groups in total. The van der Waals surface area contributed by atoms with Crippen molar-refractivity contribution in [1.29, 1.82) is 0 Å². The minimum Gasteiger partial charge on any atom is -0.462 e. The van der Waals surface area contributed by atoms with Gasteiger partial charge in [-0.1, -0.05) is 28.8 Å². The van der Waals surface area contributed by atoms with Gasteiger partial charge in [-0.3, -0.25) is 0 Å². The number of fused-ring (bicyclic) bond motifs is 1. The van der Waals surface area contributed by atoms with Gasteiger partial charge in [-0.2, -0.15) is 0 Å². The smallest absolute Gasteiger partial charge is 0.339 e. The first-order valence-corrected chi connectivity index (χ1v) is 8.13. The topological polar surface area (TPSA) is 78.4 Å². The number of carbonyl (C=O) groups is 2. The van der Waals surface area contributed by atoms with E-state index in [0.717, 1.165) is 11.5 Å². The van der Waals surface area contributed by atoms with Crippen molar-refractivity contribution in [2.45, 2.75) is 6.42 Å². The van der Waals surface area contributed by atoms with Crippen LogP contribution >= 0.6 is 11.5 Å². The second-order valence-corrected chi connectivity index (χ2v) is 5.67. The quantitative estimate of drug-likeness (QED) is 0.506. The van der Waals surface area contributed by atoms with E-state index in [1.54, 1.807) is 42.5 Å². The number of ether oxygens (including phenoxy) is 2. The van der Waals surface area contributed by atoms with Crippen molar-refractivity contribution >= 4 is 33.7 Å². The number of nitrogens with zero attached hydrogens (tertiary/aromatic N) is 2. The van der Waals surface area contributed by atoms with E-state index in [2.05, 4.69) is 9.59 Å². The SMILES string of the molecule is O=C(OCCCOC(=O)c1cccc2nnsc12)c1ccccc1. The molecule has 0 unspecified atom stereocenters. The molecule has 1 aromatic heterocycles. The Bertz CT molecular complexity index is 848. The van der Waals surface area contributed by atoms with Gasteiger partial charge in [-0.05, 0) is 35.8 Å². The minimum absolute atomic E-state index is 0.170. The molecule has 0 saturated heterocycles. The van der Waals surface area contributed by atoms with Crippen molar-refractivity contribution in [2.75, 3.05) is 13.2 Å². The highest BCUT2D eigenvalue weighted by Gasteiger charge is 2.13. The van der Waals surface area contributed by atoms with E-state index in [-0.39, 0.29) is 19.2 Å². The van der Waals surface area contributed by atoms with Crippen molar-refractivity contribution < 1.29 is 19.1 Å². The summed E-state index contributed by atoms with van der Waals surface area (Å²) in [6, 6.07) is 14.0. The Labute approximate surface area is 142 Å². The van der Waals surface area contributed by atoms with E-state index in [0.29, 0.717) is 27.8 Å². The molecule has 122 valence electrons. The van der Waals surface area contributed by atoms with E-state index >= 15 is 0 Å². The summed E-state index contributed by atoms with van der Waals surface area (Å²) in [6.45, 7) is 0.358. The summed E-state index contributed by atoms with van der Waals surface area (Å²) in [4.78, 5) is 23.8. The average molecular weight is 342 g/mol. The van der Waals surface area contributed by atoms with E-state index in [4.69, 9.17) is 9.47 Å². The molecule has 3 aromatic rings. The fourth-order valence-electron chi connectivity index (χ4n) is 2.09. The molecule has 0 fully saturated rings. The van der Waals surface area contributed by atoms with Gasteiger partial charge in [-0.15, -0.1) is 5.10 Å². The molecule has 0 saturated carbocycles. The fourth-order valence-corrected chi connectivity index (χ4v) is 2.75. The summed E-state index contributed by atoms with van der Waals surface area (Å²) in [6.07, 6.45) is 0.432. The molecule has 0 aliphatic rings. The van der Waals surface area contributed by atoms with Crippen LogP contribution in [-0.2, 0) is 9.47 Å². The number of hydrogen-bond acceptors (Lipinski definition) is 7. The minimum atomic E-state index is -0.430. The van der Waals surface area contributed by atoms with Gasteiger partial charge in [0.05, 0.1) is 29.0 Å². The Balaban J connectivity index is 1.44. The van der Waals surface area contributed by atoms with Crippen LogP contribution in [0.15, 0.2) is 48.5 Å². The molecule has 6 nitrogen and oxygen atoms in total. The zero-order chi connectivity index (χ0) is 16.8. The first kappa shape index (κ1) is 16.1. The van der Waals surface area contributed by atoms with Gasteiger partial charge in [0.2, 0.25) is 0 Å². The first-order valence-electron chi connectivity index (χ1n) is 7.36. The largest absolute Gasteiger partial charge is 0.462 e. The van der Waals surface area contributed by atoms with Crippen LogP contribution in [0.5, 0.6) is 0 Å². The second-order valence-electron chi connectivity index (χ2n) is 4.92. The first-order chi connectivity index (χ1) is 11.8. The monoisotopic (exact) mass is 342 g/mol. The van der Waals surface area contributed by atoms with Crippen LogP contribution < -0.4 is 0 Å². The third kappa shape index (κ3) is 3.75. The van der Waals surface area contributed by atoms with Gasteiger partial charge < -0.3 is 9.47 Å². The van der Waals surface area contributed by atoms with Gasteiger partial charge in [0.1, 0.15) is 5.52 Å². The van der Waals surface area contributed by atoms with Crippen LogP contribution in [0.4, 0.5) is 0 Å². The normalized spacial score (nSPS) is 10.5. The molecule has 1 heterocycles. The zero-order valence-electron chi connectivity index (χ0n) is 12.7. The molecule has 0 radical (unpaired) electrons. The molecular weight excluding hydrogens is 328 g/mol. The summed E-state index contributed by atoms with van der Waals surface area (Å²) in [5.41, 5.74) is 1.62. The van der Waals surface area contributed by atoms with Crippen LogP contribution in [0.3, 0.4) is 0 Å². The molecule has 0 spiro atoms. The number of hydrogen-bond donors (Lipinski definition) is 0. The second kappa shape index (κ2) is 7.65. The number of esters is 2. The molecule has 0 bridgehead atoms. The van der Waals surface area contributed by atoms with Gasteiger partial charge in [0, 0.05) is 6.42 Å². The van der Waals surface area contributed by atoms with Gasteiger partial charge >= 0.3 is 11.9 Å². The van der Waals surface area contributed by atoms with Crippen molar-refractivity contribution in [3.63, 3.8) is 0 Å². The maximum Gasteiger partial charge on any atom is 0.339 e. The third-order valence-electron chi connectivity index (χ3n) is 3.26. The number of aromatic nitrogens is 2. The maximum atomic E-state index is 12.1. The van der Waals surface area contributed by atoms with E-state index in [1.807, 2.05) is 6.07 Å². The summed E-state index contributed by atoms with van der Waals surface area (Å²) in [5, 5.41) is 3.92. The molecule has 3 rings (SSSR count). The van der Waals surface area contributed by atoms with Crippen molar-refractivity contribution in [3.05, 3.63) is 59.7 Å². The van der Waals surface area contributed by atoms with E-state index < -0.39 is 5.97 Å². The van der Waals surface area contributed by atoms with E-state index in [1.165, 1.54) is 0 Å². The lowest BCUT2D eigenvalue weighted by atomic mass is 10.2. The highest BCUT2D eigenvalue weighted by atomic mass is 32.1. The standard InChI is InChI=1S/C17H14N2O4S/c20-16(12-6-2-1-3-7-12)22-10-5-11-23-17(21)13-8-4-9-14-15(13)24-19-18-14/h1-4,6-9H,5,10-11H2. The average Bonchev–Trinajstić information content (AvgIpc) is 3.10. The van der Waals surface area contributed by atoms with Crippen molar-refractivity contribution in [1.82, 2.24) is 9.59 Å². The maximum absolute atomic E-state index is 12.1. The summed E-state index contributed by atoms with van der Waals surface area (Å²) >= 11 is 1.16. The molecular formula is C17H14N2O4S. The summed E-state index contributed by atoms with van der Waals surface area (Å²) in [5.74, 6) is -0.816. The Morgan fingerprint density at radius 3 is 2.46 bits per heavy atom. The lowest BCUT2D eigenvalue weighted by Crippen LogP contribution is -2.11. The number of rotatable bonds is 6. The molecule has 0 atom stereocenters. The van der Waals surface area contributed by atoms with Crippen molar-refractivity contribution in [2.24, 2.45) is 0 Å². The van der Waals surface area contributed by atoms with E-state index in [9.17, 15) is 9.59 Å². The highest BCUT2D eigenvalue weighted by molar-refractivity contribution is 7.13. The van der Waals surface area contributed by atoms with Crippen molar-refractivity contribution in [3.8, 4) is 0 Å². The summed E-state index contributed by atoms with van der Waals surface area (Å²) < 4.78 is 14.9. The predicted octanol–water partition coefficient (Wildman–Crippen LogP) is 3.10. The predicted molar refractivity (Wildman–Crippen MR) is 89.0 cm³/mol. The summed E-state index contributed by atoms with van der Waals surface area (Å²) in [7, 11) is 0. The molecule has 7 heteroatoms. The van der Waals surface area contributed by atoms with Crippen LogP contribution in [0.1, 0.15) is 27.1 Å². The molecule has 0 aliphatic heterocycles. The highest BCUT2D eigenvalue weighted by Crippen LogP contribution is 2.20. The van der Waals surface area contributed by atoms with Crippen LogP contribution in [-0.4, -0.2) is 34.7 Å². The Morgan fingerprint density at radius 2 is 1.67 bits per heavy atom. The van der Waals surface area contributed by atoms with Gasteiger partial charge in [0.25, 0.3) is 0 Å². The Hall–Kier alpha value is -2.80. The molecule has 24 heavy (non-hydrogen) atoms.